The molecule has 0 fully saturated rings. The molecule has 0 aliphatic carbocycles. The van der Waals surface area contributed by atoms with Crippen LogP contribution in [0.25, 0.3) is 0 Å². The summed E-state index contributed by atoms with van der Waals surface area (Å²) in [6, 6.07) is 10.5. The number of halogens is 2. The molecule has 2 rings (SSSR count). The molecule has 0 atom stereocenters. The first-order chi connectivity index (χ1) is 8.58. The fraction of sp³-hybridized carbons (Fsp3) is 0. The van der Waals surface area contributed by atoms with Crippen molar-refractivity contribution < 1.29 is 14.3 Å². The Morgan fingerprint density at radius 3 is 2.50 bits per heavy atom. The Kier molecular flexibility index (Phi) is 3.48. The highest BCUT2D eigenvalue weighted by Gasteiger charge is 2.09. The van der Waals surface area contributed by atoms with Crippen LogP contribution in [0.2, 0.25) is 5.02 Å². The summed E-state index contributed by atoms with van der Waals surface area (Å²) in [4.78, 5) is 10.7. The lowest BCUT2D eigenvalue weighted by molar-refractivity contribution is 0.0696. The van der Waals surface area contributed by atoms with Gasteiger partial charge < -0.3 is 10.4 Å². The van der Waals surface area contributed by atoms with Gasteiger partial charge in [0.05, 0.1) is 22.0 Å². The van der Waals surface area contributed by atoms with Gasteiger partial charge in [0.15, 0.2) is 0 Å². The first-order valence-electron chi connectivity index (χ1n) is 5.12. The molecule has 2 aromatic carbocycles. The molecule has 92 valence electrons. The first kappa shape index (κ1) is 12.4. The molecule has 0 bridgehead atoms. The Balaban J connectivity index is 2.30. The summed E-state index contributed by atoms with van der Waals surface area (Å²) in [5.74, 6) is -1.81. The zero-order chi connectivity index (χ0) is 13.1. The molecule has 0 aromatic heterocycles. The second-order valence-corrected chi connectivity index (χ2v) is 4.01. The summed E-state index contributed by atoms with van der Waals surface area (Å²) in [5.41, 5.74) is 0.631. The van der Waals surface area contributed by atoms with E-state index in [-0.39, 0.29) is 11.3 Å². The third-order valence-electron chi connectivity index (χ3n) is 2.36. The number of para-hydroxylation sites is 1. The fourth-order valence-corrected chi connectivity index (χ4v) is 1.64. The minimum Gasteiger partial charge on any atom is -0.478 e. The van der Waals surface area contributed by atoms with E-state index < -0.39 is 11.8 Å². The molecule has 2 N–H and O–H groups in total. The van der Waals surface area contributed by atoms with Crippen molar-refractivity contribution in [3.8, 4) is 0 Å². The van der Waals surface area contributed by atoms with Crippen LogP contribution in [-0.2, 0) is 0 Å². The van der Waals surface area contributed by atoms with Gasteiger partial charge in [-0.05, 0) is 30.3 Å². The molecular formula is C13H9ClFNO2. The van der Waals surface area contributed by atoms with E-state index in [0.717, 1.165) is 6.07 Å². The van der Waals surface area contributed by atoms with Crippen LogP contribution < -0.4 is 5.32 Å². The highest BCUT2D eigenvalue weighted by Crippen LogP contribution is 2.26. The van der Waals surface area contributed by atoms with Crippen LogP contribution in [-0.4, -0.2) is 11.1 Å². The van der Waals surface area contributed by atoms with E-state index in [1.807, 2.05) is 0 Å². The van der Waals surface area contributed by atoms with Gasteiger partial charge in [-0.25, -0.2) is 9.18 Å². The van der Waals surface area contributed by atoms with Crippen LogP contribution in [0, 0.1) is 5.82 Å². The zero-order valence-electron chi connectivity index (χ0n) is 9.15. The molecule has 18 heavy (non-hydrogen) atoms. The number of carbonyl (C=O) groups is 1. The molecule has 0 saturated heterocycles. The quantitative estimate of drug-likeness (QED) is 0.884. The van der Waals surface area contributed by atoms with Crippen LogP contribution >= 0.6 is 11.6 Å². The number of anilines is 2. The van der Waals surface area contributed by atoms with E-state index in [2.05, 4.69) is 5.32 Å². The van der Waals surface area contributed by atoms with Gasteiger partial charge in [0, 0.05) is 0 Å². The number of carboxylic acid groups (broad SMARTS) is 1. The molecule has 0 amide bonds. The average molecular weight is 266 g/mol. The molecule has 0 aliphatic heterocycles. The summed E-state index contributed by atoms with van der Waals surface area (Å²) in [5, 5.41) is 12.0. The Morgan fingerprint density at radius 2 is 1.89 bits per heavy atom. The minimum atomic E-state index is -1.17. The van der Waals surface area contributed by atoms with Crippen molar-refractivity contribution in [2.45, 2.75) is 0 Å². The van der Waals surface area contributed by atoms with Gasteiger partial charge in [-0.1, -0.05) is 23.7 Å². The van der Waals surface area contributed by atoms with E-state index >= 15 is 0 Å². The van der Waals surface area contributed by atoms with Crippen LogP contribution in [0.5, 0.6) is 0 Å². The van der Waals surface area contributed by atoms with Gasteiger partial charge >= 0.3 is 5.97 Å². The van der Waals surface area contributed by atoms with Crippen LogP contribution in [0.15, 0.2) is 42.5 Å². The normalized spacial score (nSPS) is 10.1. The smallest absolute Gasteiger partial charge is 0.335 e. The predicted octanol–water partition coefficient (Wildman–Crippen LogP) is 3.92. The van der Waals surface area contributed by atoms with Gasteiger partial charge in [0.2, 0.25) is 0 Å². The molecule has 5 heteroatoms. The first-order valence-corrected chi connectivity index (χ1v) is 5.50. The second-order valence-electron chi connectivity index (χ2n) is 3.60. The van der Waals surface area contributed by atoms with Gasteiger partial charge in [-0.3, -0.25) is 0 Å². The third kappa shape index (κ3) is 2.60. The highest BCUT2D eigenvalue weighted by molar-refractivity contribution is 6.33. The van der Waals surface area contributed by atoms with Crippen molar-refractivity contribution in [2.75, 3.05) is 5.32 Å². The van der Waals surface area contributed by atoms with Crippen molar-refractivity contribution in [1.29, 1.82) is 0 Å². The lowest BCUT2D eigenvalue weighted by atomic mass is 10.2. The number of aromatic carboxylic acids is 1. The minimum absolute atomic E-state index is 0.0998. The molecule has 0 spiro atoms. The Labute approximate surface area is 108 Å². The topological polar surface area (TPSA) is 49.3 Å². The second kappa shape index (κ2) is 5.06. The van der Waals surface area contributed by atoms with Gasteiger partial charge in [-0.15, -0.1) is 0 Å². The summed E-state index contributed by atoms with van der Waals surface area (Å²) in [7, 11) is 0. The number of hydrogen-bond donors (Lipinski definition) is 2. The molecule has 0 heterocycles. The van der Waals surface area contributed by atoms with Crippen molar-refractivity contribution in [1.82, 2.24) is 0 Å². The van der Waals surface area contributed by atoms with E-state index in [1.165, 1.54) is 12.1 Å². The molecule has 0 aliphatic rings. The standard InChI is InChI=1S/C13H9ClFNO2/c14-9-3-1-2-4-11(9)16-12-6-5-8(13(17)18)7-10(12)15/h1-7,16H,(H,17,18). The van der Waals surface area contributed by atoms with E-state index in [9.17, 15) is 9.18 Å². The maximum atomic E-state index is 13.7. The maximum Gasteiger partial charge on any atom is 0.335 e. The number of carboxylic acids is 1. The SMILES string of the molecule is O=C(O)c1ccc(Nc2ccccc2Cl)c(F)c1. The van der Waals surface area contributed by atoms with Gasteiger partial charge in [-0.2, -0.15) is 0 Å². The summed E-state index contributed by atoms with van der Waals surface area (Å²) in [6.45, 7) is 0. The zero-order valence-corrected chi connectivity index (χ0v) is 9.91. The summed E-state index contributed by atoms with van der Waals surface area (Å²) < 4.78 is 13.7. The van der Waals surface area contributed by atoms with Crippen LogP contribution in [0.3, 0.4) is 0 Å². The third-order valence-corrected chi connectivity index (χ3v) is 2.69. The van der Waals surface area contributed by atoms with Crippen molar-refractivity contribution in [3.63, 3.8) is 0 Å². The molecule has 0 unspecified atom stereocenters. The molecule has 0 radical (unpaired) electrons. The predicted molar refractivity (Wildman–Crippen MR) is 68.1 cm³/mol. The molecule has 0 saturated carbocycles. The highest BCUT2D eigenvalue weighted by atomic mass is 35.5. The van der Waals surface area contributed by atoms with Crippen molar-refractivity contribution in [2.24, 2.45) is 0 Å². The Morgan fingerprint density at radius 1 is 1.17 bits per heavy atom. The lowest BCUT2D eigenvalue weighted by Gasteiger charge is -2.09. The lowest BCUT2D eigenvalue weighted by Crippen LogP contribution is -2.00. The Bertz CT molecular complexity index is 601. The number of hydrogen-bond acceptors (Lipinski definition) is 2. The van der Waals surface area contributed by atoms with Gasteiger partial charge in [0.1, 0.15) is 5.82 Å². The number of benzene rings is 2. The maximum absolute atomic E-state index is 13.7. The largest absolute Gasteiger partial charge is 0.478 e. The van der Waals surface area contributed by atoms with E-state index in [4.69, 9.17) is 16.7 Å². The Hall–Kier alpha value is -2.07. The molecule has 2 aromatic rings. The van der Waals surface area contributed by atoms with Gasteiger partial charge in [0.25, 0.3) is 0 Å². The molecular weight excluding hydrogens is 257 g/mol. The van der Waals surface area contributed by atoms with Crippen molar-refractivity contribution >= 4 is 28.9 Å². The van der Waals surface area contributed by atoms with Crippen LogP contribution in [0.4, 0.5) is 15.8 Å². The van der Waals surface area contributed by atoms with Crippen molar-refractivity contribution in [3.05, 3.63) is 58.9 Å². The number of rotatable bonds is 3. The fourth-order valence-electron chi connectivity index (χ4n) is 1.46. The summed E-state index contributed by atoms with van der Waals surface area (Å²) in [6.07, 6.45) is 0. The number of nitrogens with one attached hydrogen (secondary N) is 1. The van der Waals surface area contributed by atoms with E-state index in [1.54, 1.807) is 24.3 Å². The summed E-state index contributed by atoms with van der Waals surface area (Å²) >= 11 is 5.93. The van der Waals surface area contributed by atoms with E-state index in [0.29, 0.717) is 10.7 Å². The monoisotopic (exact) mass is 265 g/mol. The molecule has 3 nitrogen and oxygen atoms in total. The van der Waals surface area contributed by atoms with Crippen LogP contribution in [0.1, 0.15) is 10.4 Å². The average Bonchev–Trinajstić information content (AvgIpc) is 2.34.